The molecule has 30 heavy (non-hydrogen) atoms. The van der Waals surface area contributed by atoms with Gasteiger partial charge in [-0.1, -0.05) is 72.7 Å². The average Bonchev–Trinajstić information content (AvgIpc) is 2.69. The van der Waals surface area contributed by atoms with Gasteiger partial charge in [0.15, 0.2) is 11.6 Å². The summed E-state index contributed by atoms with van der Waals surface area (Å²) in [5.74, 6) is 2.43. The van der Waals surface area contributed by atoms with Crippen LogP contribution >= 0.6 is 0 Å². The van der Waals surface area contributed by atoms with Gasteiger partial charge in [-0.2, -0.15) is 0 Å². The lowest BCUT2D eigenvalue weighted by atomic mass is 9.83. The number of rotatable bonds is 6. The van der Waals surface area contributed by atoms with E-state index in [-0.39, 0.29) is 5.41 Å². The highest BCUT2D eigenvalue weighted by atomic mass is 15.1. The third kappa shape index (κ3) is 5.18. The van der Waals surface area contributed by atoms with Crippen molar-refractivity contribution in [1.29, 1.82) is 0 Å². The number of nitrogens with one attached hydrogen (secondary N) is 2. The average molecular weight is 403 g/mol. The fraction of sp³-hybridized carbons (Fsp3) is 0.385. The van der Waals surface area contributed by atoms with Crippen molar-refractivity contribution in [2.24, 2.45) is 0 Å². The molecule has 3 aromatic rings. The second kappa shape index (κ2) is 8.86. The Kier molecular flexibility index (Phi) is 6.45. The summed E-state index contributed by atoms with van der Waals surface area (Å²) in [6.45, 7) is 15.6. The van der Waals surface area contributed by atoms with E-state index >= 15 is 0 Å². The minimum atomic E-state index is 0.00963. The van der Waals surface area contributed by atoms with Gasteiger partial charge in [0, 0.05) is 23.8 Å². The molecule has 1 heterocycles. The van der Waals surface area contributed by atoms with Crippen LogP contribution in [0.5, 0.6) is 0 Å². The zero-order valence-electron chi connectivity index (χ0n) is 19.2. The molecule has 0 radical (unpaired) electrons. The van der Waals surface area contributed by atoms with E-state index in [0.717, 1.165) is 11.4 Å². The Morgan fingerprint density at radius 3 is 1.77 bits per heavy atom. The van der Waals surface area contributed by atoms with Gasteiger partial charge in [-0.25, -0.2) is 9.97 Å². The second-order valence-electron chi connectivity index (χ2n) is 9.49. The minimum Gasteiger partial charge on any atom is -0.337 e. The van der Waals surface area contributed by atoms with Crippen LogP contribution in [0.1, 0.15) is 77.0 Å². The van der Waals surface area contributed by atoms with E-state index in [2.05, 4.69) is 112 Å². The van der Waals surface area contributed by atoms with Gasteiger partial charge in [0.25, 0.3) is 0 Å². The molecule has 0 unspecified atom stereocenters. The van der Waals surface area contributed by atoms with Crippen molar-refractivity contribution in [2.45, 2.75) is 65.7 Å². The van der Waals surface area contributed by atoms with Crippen LogP contribution in [0.2, 0.25) is 0 Å². The van der Waals surface area contributed by atoms with E-state index < -0.39 is 0 Å². The fourth-order valence-electron chi connectivity index (χ4n) is 3.39. The zero-order chi connectivity index (χ0) is 21.9. The maximum Gasteiger partial charge on any atom is 0.173 e. The molecule has 0 aliphatic heterocycles. The monoisotopic (exact) mass is 402 g/mol. The van der Waals surface area contributed by atoms with Gasteiger partial charge in [-0.15, -0.1) is 0 Å². The van der Waals surface area contributed by atoms with Crippen molar-refractivity contribution in [3.05, 3.63) is 71.5 Å². The van der Waals surface area contributed by atoms with Gasteiger partial charge >= 0.3 is 0 Å². The van der Waals surface area contributed by atoms with E-state index in [9.17, 15) is 0 Å². The molecule has 0 saturated carbocycles. The van der Waals surface area contributed by atoms with Crippen molar-refractivity contribution < 1.29 is 0 Å². The summed E-state index contributed by atoms with van der Waals surface area (Å²) in [6.07, 6.45) is 3.43. The van der Waals surface area contributed by atoms with Crippen LogP contribution in [0.15, 0.2) is 54.9 Å². The predicted octanol–water partition coefficient (Wildman–Crippen LogP) is 7.51. The normalized spacial score (nSPS) is 11.8. The summed E-state index contributed by atoms with van der Waals surface area (Å²) in [5, 5.41) is 6.94. The summed E-state index contributed by atoms with van der Waals surface area (Å²) in [4.78, 5) is 9.09. The molecule has 1 aromatic heterocycles. The van der Waals surface area contributed by atoms with E-state index in [0.29, 0.717) is 23.5 Å². The van der Waals surface area contributed by atoms with Crippen LogP contribution in [0, 0.1) is 0 Å². The Bertz CT molecular complexity index is 983. The molecule has 4 heteroatoms. The summed E-state index contributed by atoms with van der Waals surface area (Å²) >= 11 is 0. The lowest BCUT2D eigenvalue weighted by Crippen LogP contribution is -2.15. The number of hydrogen-bond donors (Lipinski definition) is 2. The minimum absolute atomic E-state index is 0.00963. The molecule has 0 atom stereocenters. The summed E-state index contributed by atoms with van der Waals surface area (Å²) < 4.78 is 0. The Labute approximate surface area is 181 Å². The van der Waals surface area contributed by atoms with Crippen molar-refractivity contribution in [2.75, 3.05) is 10.6 Å². The van der Waals surface area contributed by atoms with E-state index in [4.69, 9.17) is 0 Å². The molecule has 3 rings (SSSR count). The number of nitrogens with zero attached hydrogens (tertiary/aromatic N) is 2. The van der Waals surface area contributed by atoms with Crippen LogP contribution in [0.25, 0.3) is 0 Å². The fourth-order valence-corrected chi connectivity index (χ4v) is 3.39. The molecule has 4 nitrogen and oxygen atoms in total. The molecule has 0 amide bonds. The first-order valence-corrected chi connectivity index (χ1v) is 10.7. The van der Waals surface area contributed by atoms with Gasteiger partial charge in [-0.05, 0) is 52.1 Å². The molecule has 0 aliphatic rings. The second-order valence-corrected chi connectivity index (χ2v) is 9.49. The van der Waals surface area contributed by atoms with Gasteiger partial charge < -0.3 is 10.6 Å². The number of benzene rings is 2. The Hall–Kier alpha value is -2.88. The number of hydrogen-bond acceptors (Lipinski definition) is 4. The van der Waals surface area contributed by atoms with Gasteiger partial charge in [-0.3, -0.25) is 0 Å². The maximum atomic E-state index is 4.56. The predicted molar refractivity (Wildman–Crippen MR) is 128 cm³/mol. The lowest BCUT2D eigenvalue weighted by molar-refractivity contribution is 0.590. The SMILES string of the molecule is CC(C)c1ccc(Nc2nccnc2Nc2ccc(C(C)C)cc2C(C)(C)C)cc1. The molecular weight excluding hydrogens is 368 g/mol. The molecule has 158 valence electrons. The standard InChI is InChI=1S/C26H34N4/c1-17(2)19-8-11-21(12-9-19)29-24-25(28-15-14-27-24)30-23-13-10-20(18(3)4)16-22(23)26(5,6)7/h8-18H,1-7H3,(H,27,29)(H,28,30). The molecule has 2 N–H and O–H groups in total. The van der Waals surface area contributed by atoms with Gasteiger partial charge in [0.05, 0.1) is 0 Å². The first kappa shape index (κ1) is 21.8. The molecule has 0 spiro atoms. The molecule has 0 saturated heterocycles. The molecule has 0 fully saturated rings. The van der Waals surface area contributed by atoms with Crippen molar-refractivity contribution in [3.63, 3.8) is 0 Å². The van der Waals surface area contributed by atoms with Gasteiger partial charge in [0.2, 0.25) is 0 Å². The summed E-state index contributed by atoms with van der Waals surface area (Å²) in [6, 6.07) is 15.1. The molecule has 0 bridgehead atoms. The third-order valence-electron chi connectivity index (χ3n) is 5.31. The van der Waals surface area contributed by atoms with E-state index in [1.54, 1.807) is 12.4 Å². The highest BCUT2D eigenvalue weighted by Gasteiger charge is 2.20. The summed E-state index contributed by atoms with van der Waals surface area (Å²) in [7, 11) is 0. The maximum absolute atomic E-state index is 4.56. The highest BCUT2D eigenvalue weighted by Crippen LogP contribution is 2.35. The Morgan fingerprint density at radius 2 is 1.23 bits per heavy atom. The number of aromatic nitrogens is 2. The highest BCUT2D eigenvalue weighted by molar-refractivity contribution is 5.74. The third-order valence-corrected chi connectivity index (χ3v) is 5.31. The van der Waals surface area contributed by atoms with Crippen molar-refractivity contribution >= 4 is 23.0 Å². The molecular formula is C26H34N4. The molecule has 0 aliphatic carbocycles. The van der Waals surface area contributed by atoms with Gasteiger partial charge in [0.1, 0.15) is 0 Å². The van der Waals surface area contributed by atoms with Crippen LogP contribution < -0.4 is 10.6 Å². The summed E-state index contributed by atoms with van der Waals surface area (Å²) in [5.41, 5.74) is 5.99. The van der Waals surface area contributed by atoms with Crippen LogP contribution in [0.3, 0.4) is 0 Å². The van der Waals surface area contributed by atoms with Crippen LogP contribution in [-0.2, 0) is 5.41 Å². The zero-order valence-corrected chi connectivity index (χ0v) is 19.2. The van der Waals surface area contributed by atoms with Crippen LogP contribution in [0.4, 0.5) is 23.0 Å². The molecule has 2 aromatic carbocycles. The first-order valence-electron chi connectivity index (χ1n) is 10.7. The van der Waals surface area contributed by atoms with E-state index in [1.807, 2.05) is 0 Å². The largest absolute Gasteiger partial charge is 0.337 e. The first-order chi connectivity index (χ1) is 14.1. The van der Waals surface area contributed by atoms with E-state index in [1.165, 1.54) is 16.7 Å². The Balaban J connectivity index is 1.91. The Morgan fingerprint density at radius 1 is 0.700 bits per heavy atom. The van der Waals surface area contributed by atoms with Crippen molar-refractivity contribution in [3.8, 4) is 0 Å². The quantitative estimate of drug-likeness (QED) is 0.448. The lowest BCUT2D eigenvalue weighted by Gasteiger charge is -2.25. The topological polar surface area (TPSA) is 49.8 Å². The smallest absolute Gasteiger partial charge is 0.173 e. The van der Waals surface area contributed by atoms with Crippen LogP contribution in [-0.4, -0.2) is 9.97 Å². The van der Waals surface area contributed by atoms with Crippen molar-refractivity contribution in [1.82, 2.24) is 9.97 Å². The number of anilines is 4.